The highest BCUT2D eigenvalue weighted by Gasteiger charge is 2.26. The standard InChI is InChI=1S/C10H19NO2/c12-10(9-3-6-13-8-9)7-11-4-1-2-5-11/h9-10,12H,1-8H2. The first-order chi connectivity index (χ1) is 6.36. The van der Waals surface area contributed by atoms with Crippen LogP contribution < -0.4 is 0 Å². The van der Waals surface area contributed by atoms with Crippen molar-refractivity contribution in [3.63, 3.8) is 0 Å². The minimum atomic E-state index is -0.166. The van der Waals surface area contributed by atoms with Gasteiger partial charge in [0.2, 0.25) is 0 Å². The second-order valence-electron chi connectivity index (χ2n) is 4.20. The zero-order chi connectivity index (χ0) is 9.10. The van der Waals surface area contributed by atoms with Crippen molar-refractivity contribution in [3.8, 4) is 0 Å². The van der Waals surface area contributed by atoms with Gasteiger partial charge in [0, 0.05) is 19.1 Å². The summed E-state index contributed by atoms with van der Waals surface area (Å²) in [7, 11) is 0. The molecule has 0 bridgehead atoms. The van der Waals surface area contributed by atoms with Gasteiger partial charge in [-0.3, -0.25) is 0 Å². The molecule has 2 fully saturated rings. The number of β-amino-alcohol motifs (C(OH)–C–C–N with tert-alkyl or cyclic N) is 1. The normalized spacial score (nSPS) is 32.5. The lowest BCUT2D eigenvalue weighted by Crippen LogP contribution is -2.35. The van der Waals surface area contributed by atoms with Gasteiger partial charge in [0.05, 0.1) is 12.7 Å². The maximum Gasteiger partial charge on any atom is 0.0718 e. The Balaban J connectivity index is 1.73. The van der Waals surface area contributed by atoms with Crippen LogP contribution >= 0.6 is 0 Å². The lowest BCUT2D eigenvalue weighted by Gasteiger charge is -2.22. The van der Waals surface area contributed by atoms with E-state index < -0.39 is 0 Å². The van der Waals surface area contributed by atoms with Crippen LogP contribution in [0.1, 0.15) is 19.3 Å². The van der Waals surface area contributed by atoms with Gasteiger partial charge in [-0.25, -0.2) is 0 Å². The molecule has 2 saturated heterocycles. The molecular weight excluding hydrogens is 166 g/mol. The third-order valence-electron chi connectivity index (χ3n) is 3.15. The van der Waals surface area contributed by atoms with Crippen molar-refractivity contribution in [2.24, 2.45) is 5.92 Å². The van der Waals surface area contributed by atoms with Gasteiger partial charge in [-0.2, -0.15) is 0 Å². The number of nitrogens with zero attached hydrogens (tertiary/aromatic N) is 1. The molecule has 0 radical (unpaired) electrons. The van der Waals surface area contributed by atoms with Gasteiger partial charge in [-0.1, -0.05) is 0 Å². The minimum absolute atomic E-state index is 0.166. The van der Waals surface area contributed by atoms with Gasteiger partial charge in [-0.05, 0) is 32.4 Å². The van der Waals surface area contributed by atoms with Crippen molar-refractivity contribution >= 4 is 0 Å². The molecule has 3 heteroatoms. The molecule has 0 amide bonds. The Morgan fingerprint density at radius 3 is 2.77 bits per heavy atom. The fourth-order valence-electron chi connectivity index (χ4n) is 2.24. The van der Waals surface area contributed by atoms with Gasteiger partial charge in [0.1, 0.15) is 0 Å². The monoisotopic (exact) mass is 185 g/mol. The molecule has 2 aliphatic heterocycles. The van der Waals surface area contributed by atoms with Crippen LogP contribution in [0.15, 0.2) is 0 Å². The quantitative estimate of drug-likeness (QED) is 0.694. The molecule has 0 spiro atoms. The summed E-state index contributed by atoms with van der Waals surface area (Å²) in [5.74, 6) is 0.389. The summed E-state index contributed by atoms with van der Waals surface area (Å²) in [6, 6.07) is 0. The number of rotatable bonds is 3. The predicted molar refractivity (Wildman–Crippen MR) is 50.6 cm³/mol. The van der Waals surface area contributed by atoms with E-state index in [9.17, 15) is 5.11 Å². The maximum absolute atomic E-state index is 9.89. The van der Waals surface area contributed by atoms with Crippen molar-refractivity contribution in [1.29, 1.82) is 0 Å². The van der Waals surface area contributed by atoms with Crippen molar-refractivity contribution in [2.45, 2.75) is 25.4 Å². The van der Waals surface area contributed by atoms with E-state index in [4.69, 9.17) is 4.74 Å². The number of hydrogen-bond donors (Lipinski definition) is 1. The summed E-state index contributed by atoms with van der Waals surface area (Å²) in [6.07, 6.45) is 3.47. The Bertz CT molecular complexity index is 151. The Kier molecular flexibility index (Phi) is 3.19. The molecule has 0 aliphatic carbocycles. The topological polar surface area (TPSA) is 32.7 Å². The highest BCUT2D eigenvalue weighted by molar-refractivity contribution is 4.77. The fourth-order valence-corrected chi connectivity index (χ4v) is 2.24. The smallest absolute Gasteiger partial charge is 0.0718 e. The molecule has 2 heterocycles. The van der Waals surface area contributed by atoms with E-state index in [1.807, 2.05) is 0 Å². The van der Waals surface area contributed by atoms with Gasteiger partial charge >= 0.3 is 0 Å². The third-order valence-corrected chi connectivity index (χ3v) is 3.15. The van der Waals surface area contributed by atoms with E-state index in [1.165, 1.54) is 25.9 Å². The van der Waals surface area contributed by atoms with E-state index in [0.717, 1.165) is 26.2 Å². The molecule has 2 atom stereocenters. The van der Waals surface area contributed by atoms with E-state index in [1.54, 1.807) is 0 Å². The summed E-state index contributed by atoms with van der Waals surface area (Å²) in [4.78, 5) is 2.36. The Labute approximate surface area is 79.7 Å². The Morgan fingerprint density at radius 2 is 2.15 bits per heavy atom. The molecule has 0 saturated carbocycles. The highest BCUT2D eigenvalue weighted by atomic mass is 16.5. The van der Waals surface area contributed by atoms with Crippen molar-refractivity contribution in [3.05, 3.63) is 0 Å². The first kappa shape index (κ1) is 9.44. The molecular formula is C10H19NO2. The molecule has 0 aromatic heterocycles. The molecule has 3 nitrogen and oxygen atoms in total. The van der Waals surface area contributed by atoms with Crippen molar-refractivity contribution in [2.75, 3.05) is 32.8 Å². The molecule has 0 aromatic rings. The van der Waals surface area contributed by atoms with Crippen LogP contribution in [0.2, 0.25) is 0 Å². The average Bonchev–Trinajstić information content (AvgIpc) is 2.74. The average molecular weight is 185 g/mol. The van der Waals surface area contributed by atoms with Gasteiger partial charge < -0.3 is 14.7 Å². The number of ether oxygens (including phenoxy) is 1. The number of hydrogen-bond acceptors (Lipinski definition) is 3. The highest BCUT2D eigenvalue weighted by Crippen LogP contribution is 2.18. The second-order valence-corrected chi connectivity index (χ2v) is 4.20. The summed E-state index contributed by atoms with van der Waals surface area (Å²) < 4.78 is 5.26. The fraction of sp³-hybridized carbons (Fsp3) is 1.00. The first-order valence-electron chi connectivity index (χ1n) is 5.34. The van der Waals surface area contributed by atoms with E-state index in [-0.39, 0.29) is 6.10 Å². The maximum atomic E-state index is 9.89. The van der Waals surface area contributed by atoms with Crippen LogP contribution in [0.4, 0.5) is 0 Å². The van der Waals surface area contributed by atoms with Crippen LogP contribution in [0.25, 0.3) is 0 Å². The Morgan fingerprint density at radius 1 is 1.38 bits per heavy atom. The molecule has 13 heavy (non-hydrogen) atoms. The summed E-state index contributed by atoms with van der Waals surface area (Å²) in [6.45, 7) is 4.79. The molecule has 76 valence electrons. The van der Waals surface area contributed by atoms with Crippen molar-refractivity contribution < 1.29 is 9.84 Å². The van der Waals surface area contributed by atoms with Crippen LogP contribution in [-0.4, -0.2) is 49.0 Å². The molecule has 2 aliphatic rings. The molecule has 1 N–H and O–H groups in total. The van der Waals surface area contributed by atoms with Gasteiger partial charge in [-0.15, -0.1) is 0 Å². The predicted octanol–water partition coefficient (Wildman–Crippen LogP) is 0.480. The van der Waals surface area contributed by atoms with Crippen LogP contribution in [0, 0.1) is 5.92 Å². The zero-order valence-corrected chi connectivity index (χ0v) is 8.11. The van der Waals surface area contributed by atoms with Crippen LogP contribution in [0.5, 0.6) is 0 Å². The summed E-state index contributed by atoms with van der Waals surface area (Å²) in [5.41, 5.74) is 0. The first-order valence-corrected chi connectivity index (χ1v) is 5.34. The van der Waals surface area contributed by atoms with Crippen molar-refractivity contribution in [1.82, 2.24) is 4.90 Å². The lowest BCUT2D eigenvalue weighted by atomic mass is 10.0. The minimum Gasteiger partial charge on any atom is -0.391 e. The van der Waals surface area contributed by atoms with Gasteiger partial charge in [0.15, 0.2) is 0 Å². The Hall–Kier alpha value is -0.120. The molecule has 0 aromatic carbocycles. The number of likely N-dealkylation sites (tertiary alicyclic amines) is 1. The molecule has 2 rings (SSSR count). The van der Waals surface area contributed by atoms with Gasteiger partial charge in [0.25, 0.3) is 0 Å². The van der Waals surface area contributed by atoms with E-state index in [2.05, 4.69) is 4.90 Å². The number of aliphatic hydroxyl groups is 1. The summed E-state index contributed by atoms with van der Waals surface area (Å²) in [5, 5.41) is 9.89. The van der Waals surface area contributed by atoms with Crippen LogP contribution in [-0.2, 0) is 4.74 Å². The third kappa shape index (κ3) is 2.42. The van der Waals surface area contributed by atoms with Crippen LogP contribution in [0.3, 0.4) is 0 Å². The molecule has 2 unspecified atom stereocenters. The zero-order valence-electron chi connectivity index (χ0n) is 8.11. The lowest BCUT2D eigenvalue weighted by molar-refractivity contribution is 0.0628. The summed E-state index contributed by atoms with van der Waals surface area (Å²) >= 11 is 0. The number of aliphatic hydroxyl groups excluding tert-OH is 1. The largest absolute Gasteiger partial charge is 0.391 e. The SMILES string of the molecule is OC(CN1CCCC1)C1CCOC1. The second kappa shape index (κ2) is 4.40. The van der Waals surface area contributed by atoms with E-state index in [0.29, 0.717) is 5.92 Å². The van der Waals surface area contributed by atoms with E-state index >= 15 is 0 Å².